The van der Waals surface area contributed by atoms with Gasteiger partial charge < -0.3 is 5.11 Å². The summed E-state index contributed by atoms with van der Waals surface area (Å²) in [5.74, 6) is -0.802. The van der Waals surface area contributed by atoms with Gasteiger partial charge in [0.05, 0.1) is 5.57 Å². The number of likely N-dealkylation sites (tertiary alicyclic amines) is 1. The molecule has 0 bridgehead atoms. The summed E-state index contributed by atoms with van der Waals surface area (Å²) in [6.07, 6.45) is 1.72. The Hall–Kier alpha value is -2.08. The number of aliphatic carboxylic acids is 1. The third-order valence-electron chi connectivity index (χ3n) is 5.99. The van der Waals surface area contributed by atoms with E-state index in [9.17, 15) is 23.1 Å². The van der Waals surface area contributed by atoms with Crippen LogP contribution in [0.1, 0.15) is 44.2 Å². The quantitative estimate of drug-likeness (QED) is 0.731. The Bertz CT molecular complexity index is 742. The second kappa shape index (κ2) is 8.52. The molecule has 2 aliphatic rings. The van der Waals surface area contributed by atoms with Crippen molar-refractivity contribution in [3.8, 4) is 0 Å². The lowest BCUT2D eigenvalue weighted by Gasteiger charge is -2.46. The maximum atomic E-state index is 12.9. The first-order valence-corrected chi connectivity index (χ1v) is 9.73. The van der Waals surface area contributed by atoms with Gasteiger partial charge in [-0.1, -0.05) is 48.6 Å². The van der Waals surface area contributed by atoms with Crippen molar-refractivity contribution in [1.29, 1.82) is 0 Å². The molecule has 3 nitrogen and oxygen atoms in total. The molecule has 1 heterocycles. The minimum atomic E-state index is -4.32. The smallest absolute Gasteiger partial charge is 0.416 e. The average Bonchev–Trinajstić information content (AvgIpc) is 2.67. The number of alkyl halides is 3. The van der Waals surface area contributed by atoms with Gasteiger partial charge in [-0.3, -0.25) is 9.69 Å². The number of rotatable bonds is 5. The first-order chi connectivity index (χ1) is 13.3. The van der Waals surface area contributed by atoms with Crippen LogP contribution in [-0.2, 0) is 4.79 Å². The predicted octanol–water partition coefficient (Wildman–Crippen LogP) is 5.37. The largest absolute Gasteiger partial charge is 0.481 e. The Balaban J connectivity index is 1.80. The third-order valence-corrected chi connectivity index (χ3v) is 5.99. The molecule has 1 saturated heterocycles. The van der Waals surface area contributed by atoms with Crippen LogP contribution in [0.15, 0.2) is 54.1 Å². The summed E-state index contributed by atoms with van der Waals surface area (Å²) in [6.45, 7) is 2.86. The van der Waals surface area contributed by atoms with E-state index in [0.717, 1.165) is 18.5 Å². The molecule has 0 radical (unpaired) electrons. The Kier molecular flexibility index (Phi) is 6.28. The molecule has 4 atom stereocenters. The maximum absolute atomic E-state index is 12.9. The first kappa shape index (κ1) is 20.6. The number of hydrogen-bond acceptors (Lipinski definition) is 2. The molecule has 28 heavy (non-hydrogen) atoms. The van der Waals surface area contributed by atoms with E-state index in [0.29, 0.717) is 12.8 Å². The van der Waals surface area contributed by atoms with Gasteiger partial charge in [0.15, 0.2) is 0 Å². The number of carboxylic acids is 1. The highest BCUT2D eigenvalue weighted by molar-refractivity contribution is 5.67. The highest BCUT2D eigenvalue weighted by Gasteiger charge is 2.39. The average molecular weight is 393 g/mol. The normalized spacial score (nSPS) is 27.3. The summed E-state index contributed by atoms with van der Waals surface area (Å²) < 4.78 is 38.8. The van der Waals surface area contributed by atoms with Gasteiger partial charge in [-0.25, -0.2) is 0 Å². The summed E-state index contributed by atoms with van der Waals surface area (Å²) in [6, 6.07) is 10.2. The Morgan fingerprint density at radius 3 is 2.57 bits per heavy atom. The van der Waals surface area contributed by atoms with Crippen LogP contribution in [0, 0.1) is 11.8 Å². The number of halogens is 3. The van der Waals surface area contributed by atoms with E-state index in [-0.39, 0.29) is 30.3 Å². The summed E-state index contributed by atoms with van der Waals surface area (Å²) in [7, 11) is 0. The molecule has 2 unspecified atom stereocenters. The van der Waals surface area contributed by atoms with Crippen LogP contribution in [0.2, 0.25) is 0 Å². The highest BCUT2D eigenvalue weighted by atomic mass is 19.4. The first-order valence-electron chi connectivity index (χ1n) is 9.73. The zero-order chi connectivity index (χ0) is 20.3. The molecular formula is C22H26F3NO2. The number of piperidine rings is 1. The van der Waals surface area contributed by atoms with Gasteiger partial charge >= 0.3 is 12.1 Å². The Morgan fingerprint density at radius 1 is 1.29 bits per heavy atom. The molecule has 1 aromatic carbocycles. The summed E-state index contributed by atoms with van der Waals surface area (Å²) in [5.41, 5.74) is 0.569. The van der Waals surface area contributed by atoms with Gasteiger partial charge in [0, 0.05) is 18.5 Å². The van der Waals surface area contributed by atoms with E-state index < -0.39 is 17.7 Å². The fourth-order valence-corrected chi connectivity index (χ4v) is 4.48. The van der Waals surface area contributed by atoms with Gasteiger partial charge in [0.1, 0.15) is 0 Å². The molecule has 1 fully saturated rings. The highest BCUT2D eigenvalue weighted by Crippen LogP contribution is 2.39. The summed E-state index contributed by atoms with van der Waals surface area (Å²) in [4.78, 5) is 13.5. The molecular weight excluding hydrogens is 367 g/mol. The van der Waals surface area contributed by atoms with Crippen LogP contribution in [0.5, 0.6) is 0 Å². The van der Waals surface area contributed by atoms with Crippen LogP contribution >= 0.6 is 0 Å². The minimum Gasteiger partial charge on any atom is -0.481 e. The Morgan fingerprint density at radius 2 is 2.00 bits per heavy atom. The second-order valence-electron chi connectivity index (χ2n) is 7.80. The number of benzene rings is 1. The third kappa shape index (κ3) is 4.85. The van der Waals surface area contributed by atoms with Crippen LogP contribution in [-0.4, -0.2) is 34.7 Å². The van der Waals surface area contributed by atoms with Crippen molar-refractivity contribution in [3.63, 3.8) is 0 Å². The van der Waals surface area contributed by atoms with Gasteiger partial charge in [0.2, 0.25) is 0 Å². The van der Waals surface area contributed by atoms with Gasteiger partial charge in [-0.05, 0) is 50.1 Å². The van der Waals surface area contributed by atoms with Crippen molar-refractivity contribution in [2.45, 2.75) is 50.9 Å². The number of hydrogen-bond donors (Lipinski definition) is 1. The lowest BCUT2D eigenvalue weighted by atomic mass is 9.78. The maximum Gasteiger partial charge on any atom is 0.416 e. The van der Waals surface area contributed by atoms with Crippen LogP contribution in [0.3, 0.4) is 0 Å². The topological polar surface area (TPSA) is 40.5 Å². The molecule has 152 valence electrons. The molecule has 1 aliphatic heterocycles. The molecule has 0 saturated carbocycles. The molecule has 1 aromatic rings. The molecule has 0 spiro atoms. The van der Waals surface area contributed by atoms with Crippen molar-refractivity contribution in [2.24, 2.45) is 11.8 Å². The van der Waals surface area contributed by atoms with E-state index in [1.165, 1.54) is 12.2 Å². The van der Waals surface area contributed by atoms with Gasteiger partial charge in [-0.2, -0.15) is 13.2 Å². The van der Waals surface area contributed by atoms with Crippen LogP contribution < -0.4 is 0 Å². The van der Waals surface area contributed by atoms with E-state index in [1.807, 2.05) is 18.2 Å². The van der Waals surface area contributed by atoms with E-state index in [4.69, 9.17) is 0 Å². The van der Waals surface area contributed by atoms with Crippen molar-refractivity contribution in [3.05, 3.63) is 59.7 Å². The van der Waals surface area contributed by atoms with Crippen molar-refractivity contribution in [2.75, 3.05) is 6.54 Å². The fraction of sp³-hybridized carbons (Fsp3) is 0.500. The monoisotopic (exact) mass is 393 g/mol. The van der Waals surface area contributed by atoms with E-state index >= 15 is 0 Å². The lowest BCUT2D eigenvalue weighted by molar-refractivity contribution is -0.138. The van der Waals surface area contributed by atoms with Crippen molar-refractivity contribution in [1.82, 2.24) is 4.90 Å². The standard InChI is InChI=1S/C22H26F3NO2/c1-15(17-5-3-2-4-6-17)26-12-11-16(14-21(27)28)13-20(26)18-7-9-19(10-8-18)22(23,24)25/h2-7,9-10,15-16,18,20H,8,11-14H2,1H3,(H,27,28)/t15?,16-,18?,20+/m0/s1. The van der Waals surface area contributed by atoms with Crippen LogP contribution in [0.4, 0.5) is 13.2 Å². The van der Waals surface area contributed by atoms with Gasteiger partial charge in [-0.15, -0.1) is 0 Å². The fourth-order valence-electron chi connectivity index (χ4n) is 4.48. The number of carbonyl (C=O) groups is 1. The number of nitrogens with zero attached hydrogens (tertiary/aromatic N) is 1. The molecule has 3 rings (SSSR count). The molecule has 1 aliphatic carbocycles. The minimum absolute atomic E-state index is 0.0237. The number of carboxylic acid groups (broad SMARTS) is 1. The Labute approximate surface area is 163 Å². The lowest BCUT2D eigenvalue weighted by Crippen LogP contribution is -2.48. The molecule has 0 amide bonds. The number of allylic oxidation sites excluding steroid dienone is 3. The zero-order valence-electron chi connectivity index (χ0n) is 15.9. The summed E-state index contributed by atoms with van der Waals surface area (Å²) in [5, 5.41) is 9.18. The predicted molar refractivity (Wildman–Crippen MR) is 102 cm³/mol. The second-order valence-corrected chi connectivity index (χ2v) is 7.80. The molecule has 0 aromatic heterocycles. The van der Waals surface area contributed by atoms with Crippen LogP contribution in [0.25, 0.3) is 0 Å². The van der Waals surface area contributed by atoms with E-state index in [2.05, 4.69) is 24.0 Å². The molecule has 1 N–H and O–H groups in total. The van der Waals surface area contributed by atoms with Crippen molar-refractivity contribution >= 4 is 5.97 Å². The van der Waals surface area contributed by atoms with Crippen molar-refractivity contribution < 1.29 is 23.1 Å². The van der Waals surface area contributed by atoms with E-state index in [1.54, 1.807) is 6.08 Å². The summed E-state index contributed by atoms with van der Waals surface area (Å²) >= 11 is 0. The SMILES string of the molecule is CC(c1ccccc1)N1CC[C@H](CC(=O)O)C[C@@H]1C1C=CC(C(F)(F)F)=CC1. The zero-order valence-corrected chi connectivity index (χ0v) is 15.9. The molecule has 6 heteroatoms. The van der Waals surface area contributed by atoms with Gasteiger partial charge in [0.25, 0.3) is 0 Å².